The minimum Gasteiger partial charge on any atom is -0.490 e. The van der Waals surface area contributed by atoms with Crippen molar-refractivity contribution >= 4 is 11.0 Å². The highest BCUT2D eigenvalue weighted by atomic mass is 16.5. The molecule has 1 aliphatic heterocycles. The van der Waals surface area contributed by atoms with Crippen molar-refractivity contribution in [2.75, 3.05) is 19.8 Å². The van der Waals surface area contributed by atoms with Gasteiger partial charge in [-0.2, -0.15) is 0 Å². The first-order chi connectivity index (χ1) is 12.8. The Bertz CT molecular complexity index is 926. The van der Waals surface area contributed by atoms with Gasteiger partial charge in [0, 0.05) is 6.54 Å². The lowest BCUT2D eigenvalue weighted by Gasteiger charge is -2.28. The molecular formula is C21H23N3O2. The van der Waals surface area contributed by atoms with Gasteiger partial charge in [-0.15, -0.1) is 0 Å². The van der Waals surface area contributed by atoms with E-state index in [9.17, 15) is 0 Å². The maximum absolute atomic E-state index is 5.82. The zero-order valence-electron chi connectivity index (χ0n) is 15.2. The molecule has 0 amide bonds. The molecule has 5 nitrogen and oxygen atoms in total. The Morgan fingerprint density at radius 2 is 1.77 bits per heavy atom. The number of ether oxygens (including phenoxy) is 2. The number of nitrogens with one attached hydrogen (secondary N) is 1. The highest BCUT2D eigenvalue weighted by Crippen LogP contribution is 2.37. The Labute approximate surface area is 153 Å². The molecule has 26 heavy (non-hydrogen) atoms. The first-order valence-corrected chi connectivity index (χ1v) is 9.17. The molecule has 0 saturated heterocycles. The van der Waals surface area contributed by atoms with Crippen LogP contribution in [0.25, 0.3) is 11.0 Å². The van der Waals surface area contributed by atoms with Gasteiger partial charge < -0.3 is 14.8 Å². The molecule has 0 fully saturated rings. The van der Waals surface area contributed by atoms with Crippen molar-refractivity contribution in [3.63, 3.8) is 0 Å². The van der Waals surface area contributed by atoms with Crippen LogP contribution in [0.2, 0.25) is 0 Å². The summed E-state index contributed by atoms with van der Waals surface area (Å²) in [6.45, 7) is 6.10. The van der Waals surface area contributed by atoms with E-state index in [0.717, 1.165) is 41.2 Å². The molecule has 0 radical (unpaired) electrons. The third-order valence-corrected chi connectivity index (χ3v) is 4.62. The maximum atomic E-state index is 5.82. The van der Waals surface area contributed by atoms with Crippen molar-refractivity contribution < 1.29 is 9.47 Å². The lowest BCUT2D eigenvalue weighted by molar-refractivity contribution is 0.286. The Morgan fingerprint density at radius 3 is 2.54 bits per heavy atom. The SMILES string of the molecule is CCOc1cc2c(cc1OCC)C(c1cnc3ccccc3n1)NCC2. The molecule has 134 valence electrons. The molecule has 0 spiro atoms. The fourth-order valence-electron chi connectivity index (χ4n) is 3.48. The van der Waals surface area contributed by atoms with E-state index in [1.54, 1.807) is 0 Å². The van der Waals surface area contributed by atoms with Crippen LogP contribution in [0.1, 0.15) is 36.7 Å². The molecule has 3 aromatic rings. The molecular weight excluding hydrogens is 326 g/mol. The van der Waals surface area contributed by atoms with Crippen molar-refractivity contribution in [3.05, 3.63) is 59.4 Å². The van der Waals surface area contributed by atoms with E-state index < -0.39 is 0 Å². The lowest BCUT2D eigenvalue weighted by Crippen LogP contribution is -2.31. The predicted molar refractivity (Wildman–Crippen MR) is 102 cm³/mol. The number of fused-ring (bicyclic) bond motifs is 2. The second-order valence-electron chi connectivity index (χ2n) is 6.28. The van der Waals surface area contributed by atoms with Gasteiger partial charge >= 0.3 is 0 Å². The van der Waals surface area contributed by atoms with Gasteiger partial charge in [0.05, 0.1) is 42.2 Å². The normalized spacial score (nSPS) is 16.3. The lowest BCUT2D eigenvalue weighted by atomic mass is 9.92. The third kappa shape index (κ3) is 3.10. The smallest absolute Gasteiger partial charge is 0.161 e. The Morgan fingerprint density at radius 1 is 1.04 bits per heavy atom. The second kappa shape index (κ2) is 7.30. The van der Waals surface area contributed by atoms with Crippen molar-refractivity contribution in [1.29, 1.82) is 0 Å². The maximum Gasteiger partial charge on any atom is 0.161 e. The van der Waals surface area contributed by atoms with Gasteiger partial charge in [0.1, 0.15) is 0 Å². The van der Waals surface area contributed by atoms with Crippen LogP contribution in [0.3, 0.4) is 0 Å². The van der Waals surface area contributed by atoms with Gasteiger partial charge in [0.15, 0.2) is 11.5 Å². The molecule has 2 aromatic carbocycles. The van der Waals surface area contributed by atoms with Crippen LogP contribution in [-0.4, -0.2) is 29.7 Å². The fraction of sp³-hybridized carbons (Fsp3) is 0.333. The zero-order chi connectivity index (χ0) is 17.9. The van der Waals surface area contributed by atoms with E-state index in [0.29, 0.717) is 13.2 Å². The number of para-hydroxylation sites is 2. The summed E-state index contributed by atoms with van der Waals surface area (Å²) in [4.78, 5) is 9.41. The van der Waals surface area contributed by atoms with E-state index in [1.807, 2.05) is 44.3 Å². The first-order valence-electron chi connectivity index (χ1n) is 9.17. The summed E-state index contributed by atoms with van der Waals surface area (Å²) in [5, 5.41) is 3.58. The summed E-state index contributed by atoms with van der Waals surface area (Å²) in [7, 11) is 0. The van der Waals surface area contributed by atoms with E-state index >= 15 is 0 Å². The number of nitrogens with zero attached hydrogens (tertiary/aromatic N) is 2. The second-order valence-corrected chi connectivity index (χ2v) is 6.28. The van der Waals surface area contributed by atoms with Crippen molar-refractivity contribution in [2.24, 2.45) is 0 Å². The number of hydrogen-bond donors (Lipinski definition) is 1. The summed E-state index contributed by atoms with van der Waals surface area (Å²) in [5.41, 5.74) is 5.21. The molecule has 1 aromatic heterocycles. The van der Waals surface area contributed by atoms with E-state index in [1.165, 1.54) is 11.1 Å². The van der Waals surface area contributed by atoms with E-state index in [-0.39, 0.29) is 6.04 Å². The van der Waals surface area contributed by atoms with E-state index in [2.05, 4.69) is 22.4 Å². The van der Waals surface area contributed by atoms with Gasteiger partial charge in [-0.3, -0.25) is 4.98 Å². The number of aromatic nitrogens is 2. The zero-order valence-corrected chi connectivity index (χ0v) is 15.2. The van der Waals surface area contributed by atoms with Gasteiger partial charge in [0.2, 0.25) is 0 Å². The minimum atomic E-state index is 0.00531. The minimum absolute atomic E-state index is 0.00531. The molecule has 1 unspecified atom stereocenters. The summed E-state index contributed by atoms with van der Waals surface area (Å²) in [6.07, 6.45) is 2.82. The highest BCUT2D eigenvalue weighted by molar-refractivity contribution is 5.73. The number of rotatable bonds is 5. The average Bonchev–Trinajstić information content (AvgIpc) is 2.68. The monoisotopic (exact) mass is 349 g/mol. The van der Waals surface area contributed by atoms with Crippen molar-refractivity contribution in [2.45, 2.75) is 26.3 Å². The molecule has 1 atom stereocenters. The van der Waals surface area contributed by atoms with Gasteiger partial charge in [-0.25, -0.2) is 4.98 Å². The van der Waals surface area contributed by atoms with E-state index in [4.69, 9.17) is 14.5 Å². The molecule has 0 bridgehead atoms. The molecule has 0 aliphatic carbocycles. The topological polar surface area (TPSA) is 56.3 Å². The van der Waals surface area contributed by atoms with Crippen molar-refractivity contribution in [3.8, 4) is 11.5 Å². The van der Waals surface area contributed by atoms with Crippen LogP contribution < -0.4 is 14.8 Å². The van der Waals surface area contributed by atoms with Crippen LogP contribution in [0, 0.1) is 0 Å². The summed E-state index contributed by atoms with van der Waals surface area (Å²) >= 11 is 0. The number of hydrogen-bond acceptors (Lipinski definition) is 5. The predicted octanol–water partition coefficient (Wildman–Crippen LogP) is 3.66. The van der Waals surface area contributed by atoms with Crippen LogP contribution in [0.4, 0.5) is 0 Å². The molecule has 5 heteroatoms. The van der Waals surface area contributed by atoms with Gasteiger partial charge in [0.25, 0.3) is 0 Å². The fourth-order valence-corrected chi connectivity index (χ4v) is 3.48. The van der Waals surface area contributed by atoms with Crippen LogP contribution in [0.5, 0.6) is 11.5 Å². The highest BCUT2D eigenvalue weighted by Gasteiger charge is 2.25. The van der Waals surface area contributed by atoms with Crippen LogP contribution in [0.15, 0.2) is 42.6 Å². The molecule has 0 saturated carbocycles. The Hall–Kier alpha value is -2.66. The van der Waals surface area contributed by atoms with Crippen LogP contribution >= 0.6 is 0 Å². The Kier molecular flexibility index (Phi) is 4.71. The molecule has 2 heterocycles. The molecule has 4 rings (SSSR count). The third-order valence-electron chi connectivity index (χ3n) is 4.62. The Balaban J connectivity index is 1.78. The standard InChI is InChI=1S/C21H23N3O2/c1-3-25-19-11-14-9-10-22-21(15(14)12-20(19)26-4-2)18-13-23-16-7-5-6-8-17(16)24-18/h5-8,11-13,21-22H,3-4,9-10H2,1-2H3. The first kappa shape index (κ1) is 16.8. The molecule has 1 N–H and O–H groups in total. The number of benzene rings is 2. The van der Waals surface area contributed by atoms with Crippen molar-refractivity contribution in [1.82, 2.24) is 15.3 Å². The van der Waals surface area contributed by atoms with Gasteiger partial charge in [-0.05, 0) is 55.7 Å². The summed E-state index contributed by atoms with van der Waals surface area (Å²) in [6, 6.07) is 12.2. The summed E-state index contributed by atoms with van der Waals surface area (Å²) in [5.74, 6) is 1.61. The summed E-state index contributed by atoms with van der Waals surface area (Å²) < 4.78 is 11.6. The van der Waals surface area contributed by atoms with Crippen LogP contribution in [-0.2, 0) is 6.42 Å². The average molecular weight is 349 g/mol. The molecule has 1 aliphatic rings. The van der Waals surface area contributed by atoms with Gasteiger partial charge in [-0.1, -0.05) is 12.1 Å². The quantitative estimate of drug-likeness (QED) is 0.762. The largest absolute Gasteiger partial charge is 0.490 e.